The van der Waals surface area contributed by atoms with Gasteiger partial charge in [-0.3, -0.25) is 9.48 Å². The van der Waals surface area contributed by atoms with Crippen molar-refractivity contribution in [3.05, 3.63) is 47.1 Å². The van der Waals surface area contributed by atoms with E-state index in [1.165, 1.54) is 0 Å². The molecule has 0 bridgehead atoms. The van der Waals surface area contributed by atoms with E-state index in [1.807, 2.05) is 31.2 Å². The van der Waals surface area contributed by atoms with Crippen LogP contribution in [0, 0.1) is 0 Å². The van der Waals surface area contributed by atoms with Gasteiger partial charge in [0.15, 0.2) is 11.3 Å². The molecular formula is C15H15ClN4O2. The molecule has 1 aromatic carbocycles. The van der Waals surface area contributed by atoms with Gasteiger partial charge in [-0.2, -0.15) is 5.10 Å². The number of nitrogens with zero attached hydrogens (tertiary/aromatic N) is 3. The summed E-state index contributed by atoms with van der Waals surface area (Å²) in [4.78, 5) is 16.6. The van der Waals surface area contributed by atoms with Gasteiger partial charge in [-0.1, -0.05) is 23.7 Å². The molecule has 114 valence electrons. The maximum atomic E-state index is 12.3. The van der Waals surface area contributed by atoms with E-state index in [0.29, 0.717) is 23.0 Å². The predicted octanol–water partition coefficient (Wildman–Crippen LogP) is 3.19. The summed E-state index contributed by atoms with van der Waals surface area (Å²) in [5.74, 6) is 0.0903. The highest BCUT2D eigenvalue weighted by Gasteiger charge is 2.20. The molecule has 2 aromatic heterocycles. The minimum absolute atomic E-state index is 0.200. The SMILES string of the molecule is CCn1cc(Cl)c(C(=O)NC(C)c2nc3ccccc3o2)n1. The molecule has 2 heterocycles. The zero-order valence-electron chi connectivity index (χ0n) is 12.2. The van der Waals surface area contributed by atoms with E-state index in [0.717, 1.165) is 5.52 Å². The molecule has 22 heavy (non-hydrogen) atoms. The van der Waals surface area contributed by atoms with Crippen molar-refractivity contribution in [3.8, 4) is 0 Å². The Kier molecular flexibility index (Phi) is 3.85. The number of carbonyl (C=O) groups excluding carboxylic acids is 1. The Bertz CT molecular complexity index is 791. The number of hydrogen-bond acceptors (Lipinski definition) is 4. The number of nitrogens with one attached hydrogen (secondary N) is 1. The molecule has 6 nitrogen and oxygen atoms in total. The number of aromatic nitrogens is 3. The van der Waals surface area contributed by atoms with E-state index >= 15 is 0 Å². The highest BCUT2D eigenvalue weighted by atomic mass is 35.5. The average molecular weight is 319 g/mol. The summed E-state index contributed by atoms with van der Waals surface area (Å²) in [6.45, 7) is 4.37. The third kappa shape index (κ3) is 2.69. The molecule has 1 amide bonds. The summed E-state index contributed by atoms with van der Waals surface area (Å²) < 4.78 is 7.25. The first kappa shape index (κ1) is 14.6. The first-order valence-corrected chi connectivity index (χ1v) is 7.35. The van der Waals surface area contributed by atoms with Crippen LogP contribution in [-0.2, 0) is 6.54 Å². The largest absolute Gasteiger partial charge is 0.438 e. The summed E-state index contributed by atoms with van der Waals surface area (Å²) in [7, 11) is 0. The number of aryl methyl sites for hydroxylation is 1. The fourth-order valence-corrected chi connectivity index (χ4v) is 2.35. The van der Waals surface area contributed by atoms with Crippen LogP contribution < -0.4 is 5.32 Å². The van der Waals surface area contributed by atoms with Gasteiger partial charge in [-0.15, -0.1) is 0 Å². The monoisotopic (exact) mass is 318 g/mol. The molecule has 1 N–H and O–H groups in total. The van der Waals surface area contributed by atoms with Gasteiger partial charge in [0.05, 0.1) is 5.02 Å². The standard InChI is InChI=1S/C15H15ClN4O2/c1-3-20-8-10(16)13(19-20)14(21)17-9(2)15-18-11-6-4-5-7-12(11)22-15/h4-9H,3H2,1-2H3,(H,17,21). The van der Waals surface area contributed by atoms with Gasteiger partial charge in [0, 0.05) is 12.7 Å². The molecule has 7 heteroatoms. The van der Waals surface area contributed by atoms with Crippen molar-refractivity contribution in [2.24, 2.45) is 0 Å². The Hall–Kier alpha value is -2.34. The number of halogens is 1. The lowest BCUT2D eigenvalue weighted by molar-refractivity contribution is 0.0928. The van der Waals surface area contributed by atoms with Gasteiger partial charge in [0.1, 0.15) is 11.6 Å². The van der Waals surface area contributed by atoms with E-state index < -0.39 is 0 Å². The Morgan fingerprint density at radius 1 is 1.45 bits per heavy atom. The second kappa shape index (κ2) is 5.81. The normalized spacial score (nSPS) is 12.5. The molecule has 3 rings (SSSR count). The van der Waals surface area contributed by atoms with Crippen LogP contribution in [0.3, 0.4) is 0 Å². The molecule has 0 saturated carbocycles. The first-order valence-electron chi connectivity index (χ1n) is 6.97. The van der Waals surface area contributed by atoms with Crippen LogP contribution in [0.1, 0.15) is 36.3 Å². The minimum Gasteiger partial charge on any atom is -0.438 e. The molecule has 0 aliphatic rings. The Morgan fingerprint density at radius 2 is 2.23 bits per heavy atom. The molecule has 1 unspecified atom stereocenters. The van der Waals surface area contributed by atoms with Gasteiger partial charge in [-0.25, -0.2) is 4.98 Å². The highest BCUT2D eigenvalue weighted by Crippen LogP contribution is 2.21. The van der Waals surface area contributed by atoms with Crippen molar-refractivity contribution in [1.29, 1.82) is 0 Å². The van der Waals surface area contributed by atoms with Gasteiger partial charge in [0.2, 0.25) is 5.89 Å². The van der Waals surface area contributed by atoms with Crippen LogP contribution in [0.15, 0.2) is 34.9 Å². The lowest BCUT2D eigenvalue weighted by Gasteiger charge is -2.08. The van der Waals surface area contributed by atoms with Crippen molar-refractivity contribution in [2.45, 2.75) is 26.4 Å². The quantitative estimate of drug-likeness (QED) is 0.801. The predicted molar refractivity (Wildman–Crippen MR) is 82.8 cm³/mol. The molecule has 0 aliphatic carbocycles. The maximum Gasteiger partial charge on any atom is 0.273 e. The van der Waals surface area contributed by atoms with Crippen LogP contribution >= 0.6 is 11.6 Å². The van der Waals surface area contributed by atoms with Gasteiger partial charge in [-0.05, 0) is 26.0 Å². The van der Waals surface area contributed by atoms with Gasteiger partial charge in [0.25, 0.3) is 5.91 Å². The number of rotatable bonds is 4. The van der Waals surface area contributed by atoms with Crippen molar-refractivity contribution in [2.75, 3.05) is 0 Å². The molecular weight excluding hydrogens is 304 g/mol. The summed E-state index contributed by atoms with van der Waals surface area (Å²) in [6.07, 6.45) is 1.63. The number of oxazole rings is 1. The Morgan fingerprint density at radius 3 is 2.91 bits per heavy atom. The molecule has 0 fully saturated rings. The van der Waals surface area contributed by atoms with Crippen LogP contribution in [0.5, 0.6) is 0 Å². The van der Waals surface area contributed by atoms with Crippen LogP contribution in [0.2, 0.25) is 5.02 Å². The van der Waals surface area contributed by atoms with E-state index in [2.05, 4.69) is 15.4 Å². The smallest absolute Gasteiger partial charge is 0.273 e. The third-order valence-electron chi connectivity index (χ3n) is 3.28. The second-order valence-corrected chi connectivity index (χ2v) is 5.30. The fraction of sp³-hybridized carbons (Fsp3) is 0.267. The fourth-order valence-electron chi connectivity index (χ4n) is 2.11. The topological polar surface area (TPSA) is 73.0 Å². The lowest BCUT2D eigenvalue weighted by Crippen LogP contribution is -2.27. The molecule has 0 radical (unpaired) electrons. The Labute approximate surface area is 132 Å². The van der Waals surface area contributed by atoms with Crippen molar-refractivity contribution in [1.82, 2.24) is 20.1 Å². The minimum atomic E-state index is -0.386. The summed E-state index contributed by atoms with van der Waals surface area (Å²) in [5, 5.41) is 7.26. The van der Waals surface area contributed by atoms with E-state index in [-0.39, 0.29) is 17.6 Å². The molecule has 1 atom stereocenters. The molecule has 0 saturated heterocycles. The van der Waals surface area contributed by atoms with Crippen molar-refractivity contribution in [3.63, 3.8) is 0 Å². The van der Waals surface area contributed by atoms with E-state index in [4.69, 9.17) is 16.0 Å². The maximum absolute atomic E-state index is 12.3. The number of fused-ring (bicyclic) bond motifs is 1. The number of amides is 1. The zero-order chi connectivity index (χ0) is 15.7. The highest BCUT2D eigenvalue weighted by molar-refractivity contribution is 6.33. The number of carbonyl (C=O) groups is 1. The lowest BCUT2D eigenvalue weighted by atomic mass is 10.3. The zero-order valence-corrected chi connectivity index (χ0v) is 13.0. The third-order valence-corrected chi connectivity index (χ3v) is 3.56. The van der Waals surface area contributed by atoms with Crippen LogP contribution in [-0.4, -0.2) is 20.7 Å². The van der Waals surface area contributed by atoms with E-state index in [9.17, 15) is 4.79 Å². The number of benzene rings is 1. The molecule has 0 spiro atoms. The average Bonchev–Trinajstić information content (AvgIpc) is 3.10. The summed E-state index contributed by atoms with van der Waals surface area (Å²) in [6, 6.07) is 7.06. The van der Waals surface area contributed by atoms with Gasteiger partial charge < -0.3 is 9.73 Å². The van der Waals surface area contributed by atoms with Crippen LogP contribution in [0.4, 0.5) is 0 Å². The Balaban J connectivity index is 1.79. The van der Waals surface area contributed by atoms with Crippen molar-refractivity contribution >= 4 is 28.6 Å². The molecule has 3 aromatic rings. The van der Waals surface area contributed by atoms with E-state index in [1.54, 1.807) is 17.8 Å². The summed E-state index contributed by atoms with van der Waals surface area (Å²) >= 11 is 6.03. The second-order valence-electron chi connectivity index (χ2n) is 4.90. The summed E-state index contributed by atoms with van der Waals surface area (Å²) in [5.41, 5.74) is 1.64. The first-order chi connectivity index (χ1) is 10.6. The van der Waals surface area contributed by atoms with Crippen LogP contribution in [0.25, 0.3) is 11.1 Å². The van der Waals surface area contributed by atoms with Gasteiger partial charge >= 0.3 is 0 Å². The molecule has 0 aliphatic heterocycles. The number of para-hydroxylation sites is 2. The van der Waals surface area contributed by atoms with Crippen molar-refractivity contribution < 1.29 is 9.21 Å². The number of hydrogen-bond donors (Lipinski definition) is 1.